The van der Waals surface area contributed by atoms with Crippen molar-refractivity contribution in [1.82, 2.24) is 19.7 Å². The van der Waals surface area contributed by atoms with Gasteiger partial charge in [-0.25, -0.2) is 9.97 Å². The lowest BCUT2D eigenvalue weighted by Crippen LogP contribution is -2.13. The number of nitrogens with zero attached hydrogens (tertiary/aromatic N) is 4. The third-order valence-corrected chi connectivity index (χ3v) is 3.10. The van der Waals surface area contributed by atoms with E-state index in [9.17, 15) is 13.2 Å². The maximum absolute atomic E-state index is 13.0. The smallest absolute Gasteiger partial charge is 0.354 e. The van der Waals surface area contributed by atoms with Gasteiger partial charge in [0, 0.05) is 24.8 Å². The van der Waals surface area contributed by atoms with E-state index < -0.39 is 11.9 Å². The van der Waals surface area contributed by atoms with Crippen molar-refractivity contribution in [1.29, 1.82) is 0 Å². The number of nitrogens with one attached hydrogen (secondary N) is 1. The standard InChI is InChI=1S/C14H18F3N5/c1-4-6-18-13-19-11(7-12(20-13)14(15,16)17)10-8-22(5-2)21-9(10)3/h7-8H,4-6H2,1-3H3,(H,18,19,20). The van der Waals surface area contributed by atoms with Gasteiger partial charge in [-0.15, -0.1) is 0 Å². The summed E-state index contributed by atoms with van der Waals surface area (Å²) in [5.41, 5.74) is 0.474. The van der Waals surface area contributed by atoms with Crippen molar-refractivity contribution in [3.8, 4) is 11.3 Å². The van der Waals surface area contributed by atoms with E-state index >= 15 is 0 Å². The summed E-state index contributed by atoms with van der Waals surface area (Å²) in [5.74, 6) is -0.0182. The molecule has 0 fully saturated rings. The molecule has 1 N–H and O–H groups in total. The third-order valence-electron chi connectivity index (χ3n) is 3.10. The van der Waals surface area contributed by atoms with Crippen molar-refractivity contribution >= 4 is 5.95 Å². The van der Waals surface area contributed by atoms with Crippen LogP contribution in [0.1, 0.15) is 31.7 Å². The van der Waals surface area contributed by atoms with Crippen molar-refractivity contribution in [2.75, 3.05) is 11.9 Å². The second-order valence-electron chi connectivity index (χ2n) is 4.87. The van der Waals surface area contributed by atoms with E-state index in [1.165, 1.54) is 0 Å². The van der Waals surface area contributed by atoms with Gasteiger partial charge < -0.3 is 5.32 Å². The van der Waals surface area contributed by atoms with E-state index in [0.29, 0.717) is 24.3 Å². The first kappa shape index (κ1) is 16.3. The Labute approximate surface area is 126 Å². The Kier molecular flexibility index (Phi) is 4.68. The molecule has 0 amide bonds. The van der Waals surface area contributed by atoms with Crippen LogP contribution < -0.4 is 5.32 Å². The summed E-state index contributed by atoms with van der Waals surface area (Å²) < 4.78 is 40.7. The van der Waals surface area contributed by atoms with E-state index in [1.54, 1.807) is 17.8 Å². The Hall–Kier alpha value is -2.12. The molecule has 2 aromatic heterocycles. The maximum atomic E-state index is 13.0. The first-order chi connectivity index (χ1) is 10.3. The Morgan fingerprint density at radius 1 is 1.23 bits per heavy atom. The normalized spacial score (nSPS) is 11.7. The summed E-state index contributed by atoms with van der Waals surface area (Å²) in [5, 5.41) is 7.05. The Bertz CT molecular complexity index is 648. The number of anilines is 1. The quantitative estimate of drug-likeness (QED) is 0.918. The second kappa shape index (κ2) is 6.33. The molecule has 22 heavy (non-hydrogen) atoms. The first-order valence-corrected chi connectivity index (χ1v) is 7.09. The van der Waals surface area contributed by atoms with Gasteiger partial charge in [-0.2, -0.15) is 18.3 Å². The number of hydrogen-bond donors (Lipinski definition) is 1. The van der Waals surface area contributed by atoms with Crippen molar-refractivity contribution in [3.05, 3.63) is 23.7 Å². The van der Waals surface area contributed by atoms with Crippen LogP contribution in [0, 0.1) is 6.92 Å². The predicted molar refractivity (Wildman–Crippen MR) is 77.4 cm³/mol. The van der Waals surface area contributed by atoms with Crippen molar-refractivity contribution in [2.45, 2.75) is 39.9 Å². The minimum Gasteiger partial charge on any atom is -0.354 e. The molecule has 0 atom stereocenters. The minimum atomic E-state index is -4.52. The zero-order chi connectivity index (χ0) is 16.3. The molecule has 0 aromatic carbocycles. The van der Waals surface area contributed by atoms with Crippen molar-refractivity contribution < 1.29 is 13.2 Å². The molecular formula is C14H18F3N5. The Balaban J connectivity index is 2.51. The zero-order valence-corrected chi connectivity index (χ0v) is 12.7. The van der Waals surface area contributed by atoms with Gasteiger partial charge in [0.2, 0.25) is 5.95 Å². The summed E-state index contributed by atoms with van der Waals surface area (Å²) in [7, 11) is 0. The predicted octanol–water partition coefficient (Wildman–Crippen LogP) is 3.51. The number of alkyl halides is 3. The molecule has 5 nitrogen and oxygen atoms in total. The van der Waals surface area contributed by atoms with Crippen LogP contribution in [0.2, 0.25) is 0 Å². The monoisotopic (exact) mass is 313 g/mol. The average molecular weight is 313 g/mol. The van der Waals surface area contributed by atoms with E-state index in [2.05, 4.69) is 20.4 Å². The highest BCUT2D eigenvalue weighted by Crippen LogP contribution is 2.31. The molecule has 0 radical (unpaired) electrons. The molecule has 2 heterocycles. The van der Waals surface area contributed by atoms with Gasteiger partial charge in [0.1, 0.15) is 0 Å². The second-order valence-corrected chi connectivity index (χ2v) is 4.87. The fourth-order valence-electron chi connectivity index (χ4n) is 1.98. The molecule has 0 aliphatic carbocycles. The minimum absolute atomic E-state index is 0.0182. The lowest BCUT2D eigenvalue weighted by molar-refractivity contribution is -0.141. The summed E-state index contributed by atoms with van der Waals surface area (Å²) in [6, 6.07) is 0.959. The number of rotatable bonds is 5. The molecule has 0 unspecified atom stereocenters. The van der Waals surface area contributed by atoms with E-state index in [4.69, 9.17) is 0 Å². The first-order valence-electron chi connectivity index (χ1n) is 7.09. The van der Waals surface area contributed by atoms with E-state index in [1.807, 2.05) is 13.8 Å². The van der Waals surface area contributed by atoms with Gasteiger partial charge in [-0.3, -0.25) is 4.68 Å². The van der Waals surface area contributed by atoms with Crippen LogP contribution in [0.3, 0.4) is 0 Å². The van der Waals surface area contributed by atoms with Gasteiger partial charge >= 0.3 is 6.18 Å². The largest absolute Gasteiger partial charge is 0.433 e. The summed E-state index contributed by atoms with van der Waals surface area (Å²) in [6.45, 7) is 6.71. The fourth-order valence-corrected chi connectivity index (χ4v) is 1.98. The third kappa shape index (κ3) is 3.55. The SMILES string of the molecule is CCCNc1nc(-c2cn(CC)nc2C)cc(C(F)(F)F)n1. The number of halogens is 3. The van der Waals surface area contributed by atoms with Gasteiger partial charge in [-0.05, 0) is 26.3 Å². The van der Waals surface area contributed by atoms with Crippen LogP contribution in [-0.4, -0.2) is 26.3 Å². The van der Waals surface area contributed by atoms with Gasteiger partial charge in [0.25, 0.3) is 0 Å². The molecule has 0 aliphatic heterocycles. The highest BCUT2D eigenvalue weighted by Gasteiger charge is 2.34. The number of aryl methyl sites for hydroxylation is 2. The molecule has 0 bridgehead atoms. The highest BCUT2D eigenvalue weighted by atomic mass is 19.4. The van der Waals surface area contributed by atoms with Crippen LogP contribution in [0.25, 0.3) is 11.3 Å². The summed E-state index contributed by atoms with van der Waals surface area (Å²) in [6.07, 6.45) is -2.06. The fraction of sp³-hybridized carbons (Fsp3) is 0.500. The van der Waals surface area contributed by atoms with Crippen LogP contribution in [0.5, 0.6) is 0 Å². The van der Waals surface area contributed by atoms with Crippen molar-refractivity contribution in [3.63, 3.8) is 0 Å². The van der Waals surface area contributed by atoms with Gasteiger partial charge in [0.05, 0.1) is 11.4 Å². The summed E-state index contributed by atoms with van der Waals surface area (Å²) in [4.78, 5) is 7.74. The average Bonchev–Trinajstić information content (AvgIpc) is 2.85. The van der Waals surface area contributed by atoms with Gasteiger partial charge in [0.15, 0.2) is 5.69 Å². The van der Waals surface area contributed by atoms with Crippen molar-refractivity contribution in [2.24, 2.45) is 0 Å². The highest BCUT2D eigenvalue weighted by molar-refractivity contribution is 5.62. The summed E-state index contributed by atoms with van der Waals surface area (Å²) >= 11 is 0. The van der Waals surface area contributed by atoms with Crippen LogP contribution in [0.15, 0.2) is 12.3 Å². The number of aromatic nitrogens is 4. The molecule has 2 aromatic rings. The topological polar surface area (TPSA) is 55.6 Å². The Morgan fingerprint density at radius 2 is 1.95 bits per heavy atom. The Morgan fingerprint density at radius 3 is 2.50 bits per heavy atom. The van der Waals surface area contributed by atoms with Gasteiger partial charge in [-0.1, -0.05) is 6.92 Å². The molecule has 8 heteroatoms. The van der Waals surface area contributed by atoms with Crippen LogP contribution >= 0.6 is 0 Å². The molecule has 0 spiro atoms. The van der Waals surface area contributed by atoms with E-state index in [0.717, 1.165) is 12.5 Å². The lowest BCUT2D eigenvalue weighted by Gasteiger charge is -2.11. The van der Waals surface area contributed by atoms with E-state index in [-0.39, 0.29) is 11.6 Å². The molecule has 2 rings (SSSR count). The molecule has 0 saturated heterocycles. The molecule has 0 aliphatic rings. The number of hydrogen-bond acceptors (Lipinski definition) is 4. The zero-order valence-electron chi connectivity index (χ0n) is 12.7. The molecular weight excluding hydrogens is 295 g/mol. The lowest BCUT2D eigenvalue weighted by atomic mass is 10.1. The van der Waals surface area contributed by atoms with Crippen LogP contribution in [0.4, 0.5) is 19.1 Å². The maximum Gasteiger partial charge on any atom is 0.433 e. The van der Waals surface area contributed by atoms with Crippen LogP contribution in [-0.2, 0) is 12.7 Å². The molecule has 120 valence electrons. The molecule has 0 saturated carbocycles.